The second kappa shape index (κ2) is 8.23. The van der Waals surface area contributed by atoms with Crippen LogP contribution in [-0.4, -0.2) is 18.2 Å². The second-order valence-corrected chi connectivity index (χ2v) is 9.80. The lowest BCUT2D eigenvalue weighted by Crippen LogP contribution is -2.65. The standard InChI is InChI=1S/C29H25N5O/c1-19-11-12-21-22(16-30)26(33)28(17-31,18-32)29(24(21)15-19)23-9-5-6-10-25(23)34(27(29)35)14-13-20-7-3-2-4-8-20/h2-10,12,19,22,24,33H,11,13-15H2,1H3. The molecule has 1 heterocycles. The van der Waals surface area contributed by atoms with Crippen LogP contribution in [0.4, 0.5) is 5.69 Å². The highest BCUT2D eigenvalue weighted by Crippen LogP contribution is 2.64. The van der Waals surface area contributed by atoms with Crippen molar-refractivity contribution in [3.05, 3.63) is 77.4 Å². The third-order valence-corrected chi connectivity index (χ3v) is 8.07. The molecule has 6 nitrogen and oxygen atoms in total. The van der Waals surface area contributed by atoms with Crippen molar-refractivity contribution in [2.24, 2.45) is 23.2 Å². The molecule has 2 aliphatic carbocycles. The van der Waals surface area contributed by atoms with Crippen molar-refractivity contribution >= 4 is 17.3 Å². The SMILES string of the molecule is CC1CC=C2C(C#N)C(=N)C(C#N)(C#N)C3(C(=O)N(CCc4ccccc4)c4ccccc43)C2C1. The normalized spacial score (nSPS) is 28.3. The van der Waals surface area contributed by atoms with E-state index in [2.05, 4.69) is 25.1 Å². The highest BCUT2D eigenvalue weighted by Gasteiger charge is 2.74. The van der Waals surface area contributed by atoms with Crippen LogP contribution in [0.25, 0.3) is 0 Å². The number of carbonyl (C=O) groups excluding carboxylic acids is 1. The van der Waals surface area contributed by atoms with E-state index in [9.17, 15) is 20.6 Å². The third kappa shape index (κ3) is 2.85. The molecule has 4 unspecified atom stereocenters. The zero-order valence-corrected chi connectivity index (χ0v) is 19.5. The molecule has 1 aliphatic heterocycles. The average Bonchev–Trinajstić information content (AvgIpc) is 3.14. The molecule has 0 aromatic heterocycles. The largest absolute Gasteiger partial charge is 0.311 e. The van der Waals surface area contributed by atoms with Gasteiger partial charge in [0.1, 0.15) is 11.3 Å². The number of amides is 1. The summed E-state index contributed by atoms with van der Waals surface area (Å²) in [4.78, 5) is 16.3. The number of benzene rings is 2. The van der Waals surface area contributed by atoms with Crippen LogP contribution in [0.5, 0.6) is 0 Å². The van der Waals surface area contributed by atoms with Crippen LogP contribution in [-0.2, 0) is 16.6 Å². The van der Waals surface area contributed by atoms with E-state index in [1.165, 1.54) is 0 Å². The number of carbonyl (C=O) groups is 1. The average molecular weight is 460 g/mol. The Hall–Kier alpha value is -4.21. The van der Waals surface area contributed by atoms with E-state index in [-0.39, 0.29) is 17.5 Å². The zero-order chi connectivity index (χ0) is 24.8. The lowest BCUT2D eigenvalue weighted by atomic mass is 9.44. The summed E-state index contributed by atoms with van der Waals surface area (Å²) >= 11 is 0. The third-order valence-electron chi connectivity index (χ3n) is 8.07. The first-order valence-electron chi connectivity index (χ1n) is 11.9. The number of allylic oxidation sites excluding steroid dienone is 2. The van der Waals surface area contributed by atoms with Gasteiger partial charge in [0.05, 0.1) is 23.9 Å². The quantitative estimate of drug-likeness (QED) is 0.670. The van der Waals surface area contributed by atoms with Crippen LogP contribution < -0.4 is 4.90 Å². The second-order valence-electron chi connectivity index (χ2n) is 9.80. The number of hydrogen-bond acceptors (Lipinski definition) is 5. The summed E-state index contributed by atoms with van der Waals surface area (Å²) in [5, 5.41) is 40.0. The molecule has 1 fully saturated rings. The Morgan fingerprint density at radius 1 is 1.06 bits per heavy atom. The molecule has 3 aliphatic rings. The van der Waals surface area contributed by atoms with E-state index in [4.69, 9.17) is 5.41 Å². The van der Waals surface area contributed by atoms with Gasteiger partial charge in [-0.25, -0.2) is 0 Å². The number of nitrogens with zero attached hydrogens (tertiary/aromatic N) is 4. The molecule has 35 heavy (non-hydrogen) atoms. The maximum atomic E-state index is 14.6. The molecule has 1 saturated carbocycles. The molecule has 1 spiro atoms. The minimum Gasteiger partial charge on any atom is -0.311 e. The van der Waals surface area contributed by atoms with Gasteiger partial charge in [-0.15, -0.1) is 0 Å². The monoisotopic (exact) mass is 459 g/mol. The van der Waals surface area contributed by atoms with Crippen LogP contribution >= 0.6 is 0 Å². The van der Waals surface area contributed by atoms with Gasteiger partial charge in [-0.1, -0.05) is 61.5 Å². The summed E-state index contributed by atoms with van der Waals surface area (Å²) < 4.78 is 0. The number of anilines is 1. The van der Waals surface area contributed by atoms with Gasteiger partial charge in [0.2, 0.25) is 11.3 Å². The Morgan fingerprint density at radius 3 is 2.43 bits per heavy atom. The summed E-state index contributed by atoms with van der Waals surface area (Å²) in [6.45, 7) is 2.48. The summed E-state index contributed by atoms with van der Waals surface area (Å²) in [6.07, 6.45) is 3.91. The van der Waals surface area contributed by atoms with Crippen LogP contribution in [0, 0.1) is 62.6 Å². The Kier molecular flexibility index (Phi) is 5.31. The first-order valence-corrected chi connectivity index (χ1v) is 11.9. The lowest BCUT2D eigenvalue weighted by Gasteiger charge is -2.52. The lowest BCUT2D eigenvalue weighted by molar-refractivity contribution is -0.127. The van der Waals surface area contributed by atoms with E-state index in [1.54, 1.807) is 4.90 Å². The Bertz CT molecular complexity index is 1360. The molecule has 4 atom stereocenters. The van der Waals surface area contributed by atoms with Crippen molar-refractivity contribution in [2.75, 3.05) is 11.4 Å². The molecule has 1 N–H and O–H groups in total. The first-order chi connectivity index (χ1) is 17.0. The number of fused-ring (bicyclic) bond motifs is 4. The molecule has 5 rings (SSSR count). The van der Waals surface area contributed by atoms with E-state index in [0.29, 0.717) is 36.2 Å². The first kappa shape index (κ1) is 22.6. The van der Waals surface area contributed by atoms with Gasteiger partial charge in [0.25, 0.3) is 0 Å². The summed E-state index contributed by atoms with van der Waals surface area (Å²) in [6, 6.07) is 23.7. The molecule has 2 aromatic rings. The van der Waals surface area contributed by atoms with Crippen LogP contribution in [0.2, 0.25) is 0 Å². The summed E-state index contributed by atoms with van der Waals surface area (Å²) in [5.41, 5.74) is -0.815. The van der Waals surface area contributed by atoms with Gasteiger partial charge in [-0.2, -0.15) is 15.8 Å². The van der Waals surface area contributed by atoms with Crippen LogP contribution in [0.3, 0.4) is 0 Å². The topological polar surface area (TPSA) is 116 Å². The molecular formula is C29H25N5O. The molecule has 2 aromatic carbocycles. The van der Waals surface area contributed by atoms with Gasteiger partial charge in [0.15, 0.2) is 0 Å². The highest BCUT2D eigenvalue weighted by atomic mass is 16.2. The van der Waals surface area contributed by atoms with Crippen molar-refractivity contribution < 1.29 is 4.79 Å². The maximum Gasteiger partial charge on any atom is 0.241 e. The molecule has 6 heteroatoms. The summed E-state index contributed by atoms with van der Waals surface area (Å²) in [7, 11) is 0. The Labute approximate surface area is 205 Å². The number of hydrogen-bond donors (Lipinski definition) is 1. The predicted molar refractivity (Wildman–Crippen MR) is 131 cm³/mol. The van der Waals surface area contributed by atoms with Crippen molar-refractivity contribution in [1.82, 2.24) is 0 Å². The molecular weight excluding hydrogens is 434 g/mol. The van der Waals surface area contributed by atoms with Crippen molar-refractivity contribution in [3.8, 4) is 18.2 Å². The Balaban J connectivity index is 1.75. The van der Waals surface area contributed by atoms with Gasteiger partial charge >= 0.3 is 0 Å². The minimum atomic E-state index is -2.07. The molecule has 1 amide bonds. The smallest absolute Gasteiger partial charge is 0.241 e. The number of nitriles is 3. The van der Waals surface area contributed by atoms with E-state index in [0.717, 1.165) is 12.0 Å². The van der Waals surface area contributed by atoms with Crippen molar-refractivity contribution in [1.29, 1.82) is 21.2 Å². The van der Waals surface area contributed by atoms with Gasteiger partial charge < -0.3 is 10.3 Å². The molecule has 172 valence electrons. The predicted octanol–water partition coefficient (Wildman–Crippen LogP) is 4.69. The van der Waals surface area contributed by atoms with Gasteiger partial charge in [0, 0.05) is 18.2 Å². The Morgan fingerprint density at radius 2 is 1.74 bits per heavy atom. The van der Waals surface area contributed by atoms with Gasteiger partial charge in [-0.05, 0) is 47.9 Å². The van der Waals surface area contributed by atoms with Gasteiger partial charge in [-0.3, -0.25) is 4.79 Å². The number of para-hydroxylation sites is 1. The molecule has 0 saturated heterocycles. The maximum absolute atomic E-state index is 14.6. The number of rotatable bonds is 3. The van der Waals surface area contributed by atoms with Crippen molar-refractivity contribution in [3.63, 3.8) is 0 Å². The van der Waals surface area contributed by atoms with Crippen molar-refractivity contribution in [2.45, 2.75) is 31.6 Å². The molecule has 0 radical (unpaired) electrons. The minimum absolute atomic E-state index is 0.223. The van der Waals surface area contributed by atoms with E-state index >= 15 is 0 Å². The van der Waals surface area contributed by atoms with E-state index in [1.807, 2.05) is 60.7 Å². The number of nitrogens with one attached hydrogen (secondary N) is 1. The fourth-order valence-electron chi connectivity index (χ4n) is 6.46. The summed E-state index contributed by atoms with van der Waals surface area (Å²) in [5.74, 6) is -1.57. The van der Waals surface area contributed by atoms with Crippen LogP contribution in [0.1, 0.15) is 30.9 Å². The van der Waals surface area contributed by atoms with E-state index < -0.39 is 22.7 Å². The highest BCUT2D eigenvalue weighted by molar-refractivity contribution is 6.17. The fourth-order valence-corrected chi connectivity index (χ4v) is 6.46. The fraction of sp³-hybridized carbons (Fsp3) is 0.345. The van der Waals surface area contributed by atoms with Crippen LogP contribution in [0.15, 0.2) is 66.2 Å². The zero-order valence-electron chi connectivity index (χ0n) is 19.5. The molecule has 0 bridgehead atoms.